The van der Waals surface area contributed by atoms with Gasteiger partial charge in [0, 0.05) is 19.7 Å². The summed E-state index contributed by atoms with van der Waals surface area (Å²) in [6, 6.07) is 24.8. The molecule has 0 saturated heterocycles. The number of aromatic nitrogens is 3. The van der Waals surface area contributed by atoms with Crippen LogP contribution in [0.3, 0.4) is 0 Å². The zero-order chi connectivity index (χ0) is 23.2. The summed E-state index contributed by atoms with van der Waals surface area (Å²) in [5, 5.41) is 4.40. The van der Waals surface area contributed by atoms with Crippen LogP contribution in [0, 0.1) is 0 Å². The second-order valence-electron chi connectivity index (χ2n) is 7.39. The molecule has 8 nitrogen and oxygen atoms in total. The Bertz CT molecular complexity index is 1200. The average Bonchev–Trinajstić information content (AvgIpc) is 3.27. The van der Waals surface area contributed by atoms with Crippen molar-refractivity contribution in [3.05, 3.63) is 84.4 Å². The zero-order valence-electron chi connectivity index (χ0n) is 18.6. The van der Waals surface area contributed by atoms with Gasteiger partial charge in [0.1, 0.15) is 18.1 Å². The van der Waals surface area contributed by atoms with Crippen LogP contribution in [0.5, 0.6) is 17.5 Å². The van der Waals surface area contributed by atoms with Gasteiger partial charge in [0.25, 0.3) is 0 Å². The monoisotopic (exact) mass is 444 g/mol. The first-order valence-corrected chi connectivity index (χ1v) is 10.3. The molecule has 168 valence electrons. The fraction of sp³-hybridized carbons (Fsp3) is 0.160. The fourth-order valence-electron chi connectivity index (χ4n) is 3.04. The maximum Gasteiger partial charge on any atom is 0.417 e. The lowest BCUT2D eigenvalue weighted by atomic mass is 10.2. The SMILES string of the molecule is COc1ccc(-n2nc(OC(=O)N(C)C)nc2-c2ccc(OCc3ccccc3)cc2)cc1. The number of hydrogen-bond donors (Lipinski definition) is 0. The second-order valence-corrected chi connectivity index (χ2v) is 7.39. The number of rotatable bonds is 7. The smallest absolute Gasteiger partial charge is 0.417 e. The van der Waals surface area contributed by atoms with Crippen LogP contribution >= 0.6 is 0 Å². The number of nitrogens with zero attached hydrogens (tertiary/aromatic N) is 4. The first-order chi connectivity index (χ1) is 16.0. The first kappa shape index (κ1) is 21.9. The van der Waals surface area contributed by atoms with Crippen LogP contribution in [0.1, 0.15) is 5.56 Å². The van der Waals surface area contributed by atoms with Gasteiger partial charge in [0.05, 0.1) is 12.8 Å². The van der Waals surface area contributed by atoms with Crippen LogP contribution in [0.4, 0.5) is 4.79 Å². The van der Waals surface area contributed by atoms with Gasteiger partial charge in [-0.15, -0.1) is 5.10 Å². The lowest BCUT2D eigenvalue weighted by molar-refractivity contribution is 0.168. The molecule has 0 atom stereocenters. The minimum Gasteiger partial charge on any atom is -0.497 e. The van der Waals surface area contributed by atoms with E-state index in [1.165, 1.54) is 4.90 Å². The molecular formula is C25H24N4O4. The van der Waals surface area contributed by atoms with Crippen molar-refractivity contribution in [2.24, 2.45) is 0 Å². The van der Waals surface area contributed by atoms with Crippen molar-refractivity contribution in [2.45, 2.75) is 6.61 Å². The molecule has 1 amide bonds. The van der Waals surface area contributed by atoms with Gasteiger partial charge in [0.2, 0.25) is 0 Å². The zero-order valence-corrected chi connectivity index (χ0v) is 18.6. The summed E-state index contributed by atoms with van der Waals surface area (Å²) in [6.45, 7) is 0.479. The number of benzene rings is 3. The Morgan fingerprint density at radius 2 is 1.58 bits per heavy atom. The molecule has 0 radical (unpaired) electrons. The van der Waals surface area contributed by atoms with Crippen molar-refractivity contribution in [2.75, 3.05) is 21.2 Å². The van der Waals surface area contributed by atoms with Gasteiger partial charge in [-0.3, -0.25) is 0 Å². The van der Waals surface area contributed by atoms with E-state index in [2.05, 4.69) is 10.1 Å². The van der Waals surface area contributed by atoms with Crippen molar-refractivity contribution < 1.29 is 19.0 Å². The van der Waals surface area contributed by atoms with E-state index in [0.717, 1.165) is 28.3 Å². The summed E-state index contributed by atoms with van der Waals surface area (Å²) in [7, 11) is 4.80. The predicted molar refractivity (Wildman–Crippen MR) is 124 cm³/mol. The third kappa shape index (κ3) is 5.30. The largest absolute Gasteiger partial charge is 0.497 e. The average molecular weight is 444 g/mol. The van der Waals surface area contributed by atoms with Crippen molar-refractivity contribution >= 4 is 6.09 Å². The molecule has 8 heteroatoms. The van der Waals surface area contributed by atoms with E-state index in [0.29, 0.717) is 12.4 Å². The molecule has 0 N–H and O–H groups in total. The van der Waals surface area contributed by atoms with E-state index in [-0.39, 0.29) is 6.01 Å². The number of hydrogen-bond acceptors (Lipinski definition) is 6. The molecule has 4 aromatic rings. The molecule has 1 heterocycles. The van der Waals surface area contributed by atoms with Gasteiger partial charge in [0.15, 0.2) is 5.82 Å². The quantitative estimate of drug-likeness (QED) is 0.415. The highest BCUT2D eigenvalue weighted by atomic mass is 16.6. The van der Waals surface area contributed by atoms with Gasteiger partial charge >= 0.3 is 12.1 Å². The lowest BCUT2D eigenvalue weighted by Gasteiger charge is -2.09. The minimum absolute atomic E-state index is 0.0380. The Morgan fingerprint density at radius 3 is 2.21 bits per heavy atom. The molecule has 3 aromatic carbocycles. The van der Waals surface area contributed by atoms with E-state index >= 15 is 0 Å². The summed E-state index contributed by atoms with van der Waals surface area (Å²) < 4.78 is 18.0. The molecule has 0 bridgehead atoms. The van der Waals surface area contributed by atoms with E-state index in [1.807, 2.05) is 78.9 Å². The molecule has 0 aliphatic rings. The summed E-state index contributed by atoms with van der Waals surface area (Å²) in [4.78, 5) is 17.8. The van der Waals surface area contributed by atoms with Crippen LogP contribution in [0.15, 0.2) is 78.9 Å². The topological polar surface area (TPSA) is 78.7 Å². The Labute approximate surface area is 192 Å². The standard InChI is InChI=1S/C25H24N4O4/c1-28(2)25(30)33-24-26-23(29(27-24)20-11-15-21(31-3)16-12-20)19-9-13-22(14-10-19)32-17-18-7-5-4-6-8-18/h4-16H,17H2,1-3H3. The number of methoxy groups -OCH3 is 1. The molecule has 0 unspecified atom stereocenters. The van der Waals surface area contributed by atoms with Gasteiger partial charge in [-0.25, -0.2) is 9.48 Å². The third-order valence-electron chi connectivity index (χ3n) is 4.81. The third-order valence-corrected chi connectivity index (χ3v) is 4.81. The number of amides is 1. The highest BCUT2D eigenvalue weighted by molar-refractivity contribution is 5.69. The minimum atomic E-state index is -0.557. The van der Waals surface area contributed by atoms with Crippen molar-refractivity contribution in [3.63, 3.8) is 0 Å². The maximum absolute atomic E-state index is 12.0. The number of ether oxygens (including phenoxy) is 3. The highest BCUT2D eigenvalue weighted by Crippen LogP contribution is 2.27. The molecule has 0 aliphatic heterocycles. The number of carbonyl (C=O) groups excluding carboxylic acids is 1. The summed E-state index contributed by atoms with van der Waals surface area (Å²) in [6.07, 6.45) is -0.557. The summed E-state index contributed by atoms with van der Waals surface area (Å²) >= 11 is 0. The van der Waals surface area contributed by atoms with E-state index in [1.54, 1.807) is 25.9 Å². The second kappa shape index (κ2) is 9.86. The van der Waals surface area contributed by atoms with Gasteiger partial charge in [-0.05, 0) is 54.1 Å². The Balaban J connectivity index is 1.61. The summed E-state index contributed by atoms with van der Waals surface area (Å²) in [5.41, 5.74) is 2.63. The fourth-order valence-corrected chi connectivity index (χ4v) is 3.04. The Hall–Kier alpha value is -4.33. The molecule has 4 rings (SSSR count). The molecule has 0 spiro atoms. The molecule has 0 aliphatic carbocycles. The lowest BCUT2D eigenvalue weighted by Crippen LogP contribution is -2.25. The normalized spacial score (nSPS) is 10.5. The Kier molecular flexibility index (Phi) is 6.54. The van der Waals surface area contributed by atoms with Crippen LogP contribution in [0.25, 0.3) is 17.1 Å². The first-order valence-electron chi connectivity index (χ1n) is 10.3. The van der Waals surface area contributed by atoms with Crippen molar-refractivity contribution in [1.82, 2.24) is 19.7 Å². The van der Waals surface area contributed by atoms with Crippen LogP contribution in [0.2, 0.25) is 0 Å². The summed E-state index contributed by atoms with van der Waals surface area (Å²) in [5.74, 6) is 1.98. The van der Waals surface area contributed by atoms with Crippen molar-refractivity contribution in [3.8, 4) is 34.6 Å². The van der Waals surface area contributed by atoms with Crippen molar-refractivity contribution in [1.29, 1.82) is 0 Å². The molecule has 33 heavy (non-hydrogen) atoms. The van der Waals surface area contributed by atoms with Gasteiger partial charge in [-0.1, -0.05) is 30.3 Å². The number of carbonyl (C=O) groups is 1. The molecule has 0 saturated carbocycles. The molecule has 1 aromatic heterocycles. The van der Waals surface area contributed by atoms with E-state index < -0.39 is 6.09 Å². The van der Waals surface area contributed by atoms with Gasteiger partial charge in [-0.2, -0.15) is 4.98 Å². The van der Waals surface area contributed by atoms with Crippen LogP contribution in [-0.2, 0) is 6.61 Å². The molecular weight excluding hydrogens is 420 g/mol. The molecule has 0 fully saturated rings. The van der Waals surface area contributed by atoms with E-state index in [9.17, 15) is 4.79 Å². The maximum atomic E-state index is 12.0. The highest BCUT2D eigenvalue weighted by Gasteiger charge is 2.18. The van der Waals surface area contributed by atoms with Crippen LogP contribution in [-0.4, -0.2) is 47.0 Å². The van der Waals surface area contributed by atoms with Gasteiger partial charge < -0.3 is 19.1 Å². The van der Waals surface area contributed by atoms with E-state index in [4.69, 9.17) is 14.2 Å². The predicted octanol–water partition coefficient (Wildman–Crippen LogP) is 4.58. The van der Waals surface area contributed by atoms with Crippen LogP contribution < -0.4 is 14.2 Å². The Morgan fingerprint density at radius 1 is 0.909 bits per heavy atom.